The van der Waals surface area contributed by atoms with Crippen LogP contribution in [0.5, 0.6) is 0 Å². The second kappa shape index (κ2) is 8.12. The van der Waals surface area contributed by atoms with E-state index in [-0.39, 0.29) is 0 Å². The minimum absolute atomic E-state index is 0.493. The summed E-state index contributed by atoms with van der Waals surface area (Å²) in [6, 6.07) is 23.4. The van der Waals surface area contributed by atoms with Crippen LogP contribution < -0.4 is 10.4 Å². The van der Waals surface area contributed by atoms with Crippen molar-refractivity contribution >= 4 is 19.1 Å². The van der Waals surface area contributed by atoms with Gasteiger partial charge in [-0.15, -0.1) is 0 Å². The first kappa shape index (κ1) is 19.3. The Morgan fingerprint density at radius 3 is 2.07 bits per heavy atom. The molecule has 0 N–H and O–H groups in total. The Balaban J connectivity index is 2.04. The van der Waals surface area contributed by atoms with Crippen molar-refractivity contribution in [1.82, 2.24) is 4.98 Å². The van der Waals surface area contributed by atoms with E-state index in [1.165, 1.54) is 16.7 Å². The molecular formula is C26H25BN2. The summed E-state index contributed by atoms with van der Waals surface area (Å²) in [7, 11) is 8.13. The molecule has 142 valence electrons. The van der Waals surface area contributed by atoms with E-state index in [9.17, 15) is 0 Å². The molecule has 0 saturated carbocycles. The molecule has 0 fully saturated rings. The van der Waals surface area contributed by atoms with Crippen LogP contribution in [0.2, 0.25) is 0 Å². The second-order valence-corrected chi connectivity index (χ2v) is 7.55. The molecule has 0 saturated heterocycles. The standard InChI is InChI=1S/C26H25BN2/c1-20-18-24(27)19-28-25(20)29(2)26(21-12-6-3-7-13-21,22-14-8-4-9-15-22)23-16-10-5-11-17-23/h3-4,6-10,12-19H,5,11H2,1-2H3. The number of hydrogen-bond donors (Lipinski definition) is 0. The van der Waals surface area contributed by atoms with Gasteiger partial charge in [-0.25, -0.2) is 4.98 Å². The molecule has 0 aliphatic heterocycles. The van der Waals surface area contributed by atoms with Crippen molar-refractivity contribution in [3.05, 3.63) is 113 Å². The molecule has 0 bridgehead atoms. The Labute approximate surface area is 175 Å². The molecule has 2 nitrogen and oxygen atoms in total. The molecule has 2 aromatic carbocycles. The van der Waals surface area contributed by atoms with Crippen LogP contribution in [0, 0.1) is 6.92 Å². The van der Waals surface area contributed by atoms with Gasteiger partial charge < -0.3 is 4.90 Å². The zero-order valence-corrected chi connectivity index (χ0v) is 17.0. The summed E-state index contributed by atoms with van der Waals surface area (Å²) < 4.78 is 0. The lowest BCUT2D eigenvalue weighted by molar-refractivity contribution is 0.587. The van der Waals surface area contributed by atoms with E-state index >= 15 is 0 Å². The molecule has 0 spiro atoms. The summed E-state index contributed by atoms with van der Waals surface area (Å²) >= 11 is 0. The summed E-state index contributed by atoms with van der Waals surface area (Å²) in [6.07, 6.45) is 10.8. The fourth-order valence-corrected chi connectivity index (χ4v) is 4.42. The molecule has 29 heavy (non-hydrogen) atoms. The normalized spacial score (nSPS) is 13.8. The van der Waals surface area contributed by atoms with E-state index in [1.807, 2.05) is 6.07 Å². The minimum atomic E-state index is -0.493. The first-order chi connectivity index (χ1) is 14.1. The molecule has 4 rings (SSSR count). The average molecular weight is 376 g/mol. The topological polar surface area (TPSA) is 16.1 Å². The van der Waals surface area contributed by atoms with Gasteiger partial charge in [0.15, 0.2) is 0 Å². The summed E-state index contributed by atoms with van der Waals surface area (Å²) in [6.45, 7) is 2.07. The Bertz CT molecular complexity index is 999. The fourth-order valence-electron chi connectivity index (χ4n) is 4.42. The van der Waals surface area contributed by atoms with E-state index in [1.54, 1.807) is 6.20 Å². The van der Waals surface area contributed by atoms with E-state index in [0.717, 1.165) is 24.2 Å². The molecule has 1 aromatic heterocycles. The van der Waals surface area contributed by atoms with E-state index in [4.69, 9.17) is 12.8 Å². The average Bonchev–Trinajstić information content (AvgIpc) is 2.76. The van der Waals surface area contributed by atoms with Gasteiger partial charge in [0.25, 0.3) is 0 Å². The van der Waals surface area contributed by atoms with Crippen molar-refractivity contribution in [2.24, 2.45) is 0 Å². The number of aryl methyl sites for hydroxylation is 1. The van der Waals surface area contributed by atoms with Crippen LogP contribution in [0.15, 0.2) is 96.7 Å². The van der Waals surface area contributed by atoms with Crippen molar-refractivity contribution in [2.45, 2.75) is 25.3 Å². The summed E-state index contributed by atoms with van der Waals surface area (Å²) in [5, 5.41) is 0. The smallest absolute Gasteiger partial charge is 0.132 e. The molecule has 0 unspecified atom stereocenters. The Hall–Kier alpha value is -3.07. The van der Waals surface area contributed by atoms with Crippen molar-refractivity contribution in [2.75, 3.05) is 11.9 Å². The molecule has 3 aromatic rings. The number of rotatable bonds is 5. The lowest BCUT2D eigenvalue weighted by Crippen LogP contribution is -2.47. The Kier molecular flexibility index (Phi) is 5.39. The molecule has 0 atom stereocenters. The van der Waals surface area contributed by atoms with Crippen LogP contribution in [0.1, 0.15) is 29.5 Å². The van der Waals surface area contributed by atoms with Crippen molar-refractivity contribution < 1.29 is 0 Å². The van der Waals surface area contributed by atoms with Gasteiger partial charge in [-0.1, -0.05) is 90.4 Å². The number of likely N-dealkylation sites (N-methyl/N-ethyl adjacent to an activating group) is 1. The van der Waals surface area contributed by atoms with Gasteiger partial charge in [0.05, 0.1) is 0 Å². The largest absolute Gasteiger partial charge is 0.342 e. The number of aromatic nitrogens is 1. The van der Waals surface area contributed by atoms with Gasteiger partial charge in [-0.05, 0) is 42.0 Å². The maximum Gasteiger partial charge on any atom is 0.132 e. The molecule has 0 amide bonds. The van der Waals surface area contributed by atoms with E-state index in [2.05, 4.69) is 97.8 Å². The van der Waals surface area contributed by atoms with Gasteiger partial charge in [-0.3, -0.25) is 0 Å². The van der Waals surface area contributed by atoms with Gasteiger partial charge in [0.2, 0.25) is 0 Å². The first-order valence-electron chi connectivity index (χ1n) is 10.1. The van der Waals surface area contributed by atoms with Gasteiger partial charge in [-0.2, -0.15) is 0 Å². The predicted molar refractivity (Wildman–Crippen MR) is 123 cm³/mol. The molecule has 3 heteroatoms. The van der Waals surface area contributed by atoms with Crippen LogP contribution in [0.4, 0.5) is 5.82 Å². The zero-order valence-electron chi connectivity index (χ0n) is 17.0. The second-order valence-electron chi connectivity index (χ2n) is 7.55. The third-order valence-electron chi connectivity index (χ3n) is 5.69. The first-order valence-corrected chi connectivity index (χ1v) is 10.1. The monoisotopic (exact) mass is 376 g/mol. The molecule has 1 heterocycles. The van der Waals surface area contributed by atoms with Gasteiger partial charge >= 0.3 is 0 Å². The van der Waals surface area contributed by atoms with Crippen molar-refractivity contribution in [3.8, 4) is 0 Å². The highest BCUT2D eigenvalue weighted by Crippen LogP contribution is 2.45. The maximum absolute atomic E-state index is 6.00. The number of allylic oxidation sites excluding steroid dienone is 2. The van der Waals surface area contributed by atoms with Crippen LogP contribution in [0.3, 0.4) is 0 Å². The van der Waals surface area contributed by atoms with Crippen molar-refractivity contribution in [1.29, 1.82) is 0 Å². The molecule has 1 aliphatic carbocycles. The molecular weight excluding hydrogens is 351 g/mol. The van der Waals surface area contributed by atoms with Crippen LogP contribution in [0.25, 0.3) is 0 Å². The number of nitrogens with zero attached hydrogens (tertiary/aromatic N) is 2. The lowest BCUT2D eigenvalue weighted by Gasteiger charge is -2.46. The number of anilines is 1. The summed E-state index contributed by atoms with van der Waals surface area (Å²) in [4.78, 5) is 7.04. The van der Waals surface area contributed by atoms with Crippen LogP contribution in [-0.2, 0) is 5.54 Å². The van der Waals surface area contributed by atoms with Crippen LogP contribution in [-0.4, -0.2) is 19.9 Å². The number of benzene rings is 2. The lowest BCUT2D eigenvalue weighted by atomic mass is 9.73. The highest BCUT2D eigenvalue weighted by molar-refractivity contribution is 6.32. The van der Waals surface area contributed by atoms with Crippen LogP contribution >= 0.6 is 0 Å². The highest BCUT2D eigenvalue weighted by atomic mass is 15.2. The van der Waals surface area contributed by atoms with E-state index in [0.29, 0.717) is 5.46 Å². The number of hydrogen-bond acceptors (Lipinski definition) is 2. The minimum Gasteiger partial charge on any atom is -0.342 e. The van der Waals surface area contributed by atoms with Crippen molar-refractivity contribution in [3.63, 3.8) is 0 Å². The Morgan fingerprint density at radius 2 is 1.55 bits per heavy atom. The van der Waals surface area contributed by atoms with E-state index < -0.39 is 5.54 Å². The third-order valence-corrected chi connectivity index (χ3v) is 5.69. The maximum atomic E-state index is 6.00. The van der Waals surface area contributed by atoms with Gasteiger partial charge in [0.1, 0.15) is 19.2 Å². The molecule has 2 radical (unpaired) electrons. The SMILES string of the molecule is [B]c1cnc(N(C)C(C2=CCCC=C2)(c2ccccc2)c2ccccc2)c(C)c1. The fraction of sp³-hybridized carbons (Fsp3) is 0.192. The highest BCUT2D eigenvalue weighted by Gasteiger charge is 2.42. The predicted octanol–water partition coefficient (Wildman–Crippen LogP) is 4.84. The summed E-state index contributed by atoms with van der Waals surface area (Å²) in [5.74, 6) is 0.923. The Morgan fingerprint density at radius 1 is 0.931 bits per heavy atom. The summed E-state index contributed by atoms with van der Waals surface area (Å²) in [5.41, 5.74) is 4.94. The quantitative estimate of drug-likeness (QED) is 0.593. The zero-order chi connectivity index (χ0) is 20.3. The third kappa shape index (κ3) is 3.42. The number of pyridine rings is 1. The van der Waals surface area contributed by atoms with Gasteiger partial charge in [0, 0.05) is 13.2 Å². The molecule has 1 aliphatic rings.